The minimum atomic E-state index is 0.363. The van der Waals surface area contributed by atoms with Gasteiger partial charge in [-0.3, -0.25) is 0 Å². The van der Waals surface area contributed by atoms with E-state index < -0.39 is 0 Å². The predicted molar refractivity (Wildman–Crippen MR) is 71.9 cm³/mol. The van der Waals surface area contributed by atoms with Crippen LogP contribution in [0, 0.1) is 5.92 Å². The van der Waals surface area contributed by atoms with Gasteiger partial charge >= 0.3 is 0 Å². The standard InChI is InChI=1S/C14H31NO/c1-6-9-10-11-13(15-7-2)14(12(4)5)16-8-3/h12-15H,6-11H2,1-5H3. The highest BCUT2D eigenvalue weighted by Gasteiger charge is 2.23. The Kier molecular flexibility index (Phi) is 10.0. The fraction of sp³-hybridized carbons (Fsp3) is 1.00. The maximum Gasteiger partial charge on any atom is 0.0750 e. The lowest BCUT2D eigenvalue weighted by molar-refractivity contribution is 0.00130. The number of hydrogen-bond acceptors (Lipinski definition) is 2. The van der Waals surface area contributed by atoms with E-state index in [1.165, 1.54) is 25.7 Å². The molecule has 0 fully saturated rings. The summed E-state index contributed by atoms with van der Waals surface area (Å²) in [6.45, 7) is 12.9. The molecule has 0 aliphatic carbocycles. The number of hydrogen-bond donors (Lipinski definition) is 1. The van der Waals surface area contributed by atoms with Crippen LogP contribution in [0.5, 0.6) is 0 Å². The molecule has 98 valence electrons. The van der Waals surface area contributed by atoms with Gasteiger partial charge in [0.25, 0.3) is 0 Å². The Hall–Kier alpha value is -0.0800. The molecule has 0 aromatic carbocycles. The molecular weight excluding hydrogens is 198 g/mol. The lowest BCUT2D eigenvalue weighted by atomic mass is 9.95. The normalized spacial score (nSPS) is 15.4. The van der Waals surface area contributed by atoms with Crippen LogP contribution < -0.4 is 5.32 Å². The first-order valence-corrected chi connectivity index (χ1v) is 7.02. The summed E-state index contributed by atoms with van der Waals surface area (Å²) in [6, 6.07) is 0.525. The molecule has 0 aliphatic rings. The molecule has 16 heavy (non-hydrogen) atoms. The summed E-state index contributed by atoms with van der Waals surface area (Å²) in [6.07, 6.45) is 5.54. The van der Waals surface area contributed by atoms with E-state index in [9.17, 15) is 0 Å². The summed E-state index contributed by atoms with van der Waals surface area (Å²) < 4.78 is 5.89. The number of ether oxygens (including phenoxy) is 1. The highest BCUT2D eigenvalue weighted by atomic mass is 16.5. The maximum absolute atomic E-state index is 5.89. The van der Waals surface area contributed by atoms with Crippen molar-refractivity contribution in [2.45, 2.75) is 72.4 Å². The van der Waals surface area contributed by atoms with Gasteiger partial charge in [-0.25, -0.2) is 0 Å². The second-order valence-electron chi connectivity index (χ2n) is 4.82. The zero-order valence-corrected chi connectivity index (χ0v) is 11.9. The molecule has 0 spiro atoms. The van der Waals surface area contributed by atoms with Crippen LogP contribution >= 0.6 is 0 Å². The second kappa shape index (κ2) is 10.1. The molecule has 0 aliphatic heterocycles. The average Bonchev–Trinajstić information content (AvgIpc) is 2.25. The topological polar surface area (TPSA) is 21.3 Å². The van der Waals surface area contributed by atoms with Crippen LogP contribution in [0.4, 0.5) is 0 Å². The van der Waals surface area contributed by atoms with Gasteiger partial charge in [0, 0.05) is 12.6 Å². The molecule has 0 heterocycles. The lowest BCUT2D eigenvalue weighted by Gasteiger charge is -2.30. The van der Waals surface area contributed by atoms with Crippen molar-refractivity contribution in [3.8, 4) is 0 Å². The van der Waals surface area contributed by atoms with Gasteiger partial charge in [0.15, 0.2) is 0 Å². The highest BCUT2D eigenvalue weighted by Crippen LogP contribution is 2.16. The van der Waals surface area contributed by atoms with E-state index >= 15 is 0 Å². The Morgan fingerprint density at radius 3 is 2.19 bits per heavy atom. The molecule has 2 atom stereocenters. The molecule has 2 nitrogen and oxygen atoms in total. The number of unbranched alkanes of at least 4 members (excludes halogenated alkanes) is 2. The third kappa shape index (κ3) is 6.49. The van der Waals surface area contributed by atoms with E-state index in [1.54, 1.807) is 0 Å². The summed E-state index contributed by atoms with van der Waals surface area (Å²) in [4.78, 5) is 0. The van der Waals surface area contributed by atoms with Crippen LogP contribution in [0.2, 0.25) is 0 Å². The van der Waals surface area contributed by atoms with Crippen molar-refractivity contribution < 1.29 is 4.74 Å². The van der Waals surface area contributed by atoms with Gasteiger partial charge < -0.3 is 10.1 Å². The molecule has 2 heteroatoms. The van der Waals surface area contributed by atoms with Gasteiger partial charge in [-0.05, 0) is 25.8 Å². The summed E-state index contributed by atoms with van der Waals surface area (Å²) in [5.74, 6) is 0.589. The molecular formula is C14H31NO. The molecule has 0 radical (unpaired) electrons. The minimum Gasteiger partial charge on any atom is -0.377 e. The third-order valence-electron chi connectivity index (χ3n) is 3.00. The molecule has 0 aromatic rings. The summed E-state index contributed by atoms with van der Waals surface area (Å²) in [7, 11) is 0. The van der Waals surface area contributed by atoms with E-state index in [-0.39, 0.29) is 0 Å². The van der Waals surface area contributed by atoms with Gasteiger partial charge in [0.2, 0.25) is 0 Å². The van der Waals surface area contributed by atoms with Crippen LogP contribution in [0.25, 0.3) is 0 Å². The van der Waals surface area contributed by atoms with Crippen molar-refractivity contribution in [2.24, 2.45) is 5.92 Å². The van der Waals surface area contributed by atoms with Crippen molar-refractivity contribution in [1.82, 2.24) is 5.32 Å². The van der Waals surface area contributed by atoms with Crippen LogP contribution in [0.1, 0.15) is 60.3 Å². The van der Waals surface area contributed by atoms with E-state index in [0.29, 0.717) is 18.1 Å². The smallest absolute Gasteiger partial charge is 0.0750 e. The highest BCUT2D eigenvalue weighted by molar-refractivity contribution is 4.79. The molecule has 1 N–H and O–H groups in total. The van der Waals surface area contributed by atoms with Crippen molar-refractivity contribution in [3.05, 3.63) is 0 Å². The average molecular weight is 229 g/mol. The van der Waals surface area contributed by atoms with Gasteiger partial charge in [-0.2, -0.15) is 0 Å². The second-order valence-corrected chi connectivity index (χ2v) is 4.82. The molecule has 0 bridgehead atoms. The molecule has 0 saturated carbocycles. The van der Waals surface area contributed by atoms with Crippen molar-refractivity contribution in [3.63, 3.8) is 0 Å². The largest absolute Gasteiger partial charge is 0.377 e. The Labute approximate surface area is 102 Å². The number of likely N-dealkylation sites (N-methyl/N-ethyl adjacent to an activating group) is 1. The first kappa shape index (κ1) is 15.9. The Bertz CT molecular complexity index is 148. The zero-order valence-electron chi connectivity index (χ0n) is 11.9. The predicted octanol–water partition coefficient (Wildman–Crippen LogP) is 3.61. The van der Waals surface area contributed by atoms with E-state index in [0.717, 1.165) is 13.2 Å². The van der Waals surface area contributed by atoms with Crippen molar-refractivity contribution in [1.29, 1.82) is 0 Å². The quantitative estimate of drug-likeness (QED) is 0.578. The summed E-state index contributed by atoms with van der Waals surface area (Å²) >= 11 is 0. The molecule has 0 aromatic heterocycles. The molecule has 0 rings (SSSR count). The van der Waals surface area contributed by atoms with Crippen molar-refractivity contribution in [2.75, 3.05) is 13.2 Å². The maximum atomic E-state index is 5.89. The minimum absolute atomic E-state index is 0.363. The first-order chi connectivity index (χ1) is 7.67. The molecule has 2 unspecified atom stereocenters. The fourth-order valence-electron chi connectivity index (χ4n) is 2.22. The Balaban J connectivity index is 4.20. The van der Waals surface area contributed by atoms with Crippen LogP contribution in [-0.2, 0) is 4.74 Å². The van der Waals surface area contributed by atoms with Crippen LogP contribution in [0.3, 0.4) is 0 Å². The van der Waals surface area contributed by atoms with E-state index in [1.807, 2.05) is 0 Å². The fourth-order valence-corrected chi connectivity index (χ4v) is 2.22. The summed E-state index contributed by atoms with van der Waals surface area (Å²) in [5.41, 5.74) is 0. The van der Waals surface area contributed by atoms with Crippen LogP contribution in [0.15, 0.2) is 0 Å². The molecule has 0 saturated heterocycles. The van der Waals surface area contributed by atoms with Gasteiger partial charge in [-0.15, -0.1) is 0 Å². The molecule has 0 amide bonds. The number of rotatable bonds is 10. The van der Waals surface area contributed by atoms with E-state index in [4.69, 9.17) is 4.74 Å². The van der Waals surface area contributed by atoms with Gasteiger partial charge in [0.1, 0.15) is 0 Å². The first-order valence-electron chi connectivity index (χ1n) is 7.02. The third-order valence-corrected chi connectivity index (χ3v) is 3.00. The summed E-state index contributed by atoms with van der Waals surface area (Å²) in [5, 5.41) is 3.58. The van der Waals surface area contributed by atoms with Crippen LogP contribution in [-0.4, -0.2) is 25.3 Å². The Morgan fingerprint density at radius 1 is 1.06 bits per heavy atom. The zero-order chi connectivity index (χ0) is 12.4. The van der Waals surface area contributed by atoms with Crippen molar-refractivity contribution >= 4 is 0 Å². The monoisotopic (exact) mass is 229 g/mol. The Morgan fingerprint density at radius 2 is 1.75 bits per heavy atom. The SMILES string of the molecule is CCCCCC(NCC)C(OCC)C(C)C. The van der Waals surface area contributed by atoms with Gasteiger partial charge in [0.05, 0.1) is 6.10 Å². The lowest BCUT2D eigenvalue weighted by Crippen LogP contribution is -2.44. The van der Waals surface area contributed by atoms with Gasteiger partial charge in [-0.1, -0.05) is 47.0 Å². The van der Waals surface area contributed by atoms with E-state index in [2.05, 4.69) is 39.9 Å². The number of nitrogens with one attached hydrogen (secondary N) is 1.